The molecule has 4 nitrogen and oxygen atoms in total. The summed E-state index contributed by atoms with van der Waals surface area (Å²) in [6.45, 7) is 0.786. The first kappa shape index (κ1) is 30.1. The first-order chi connectivity index (χ1) is 19.2. The summed E-state index contributed by atoms with van der Waals surface area (Å²) in [6.07, 6.45) is -9.30. The van der Waals surface area contributed by atoms with Crippen LogP contribution in [0.15, 0.2) is 72.8 Å². The first-order valence-corrected chi connectivity index (χ1v) is 12.6. The van der Waals surface area contributed by atoms with Crippen molar-refractivity contribution in [3.05, 3.63) is 101 Å². The van der Waals surface area contributed by atoms with Crippen LogP contribution in [0.2, 0.25) is 0 Å². The monoisotopic (exact) mass is 586 g/mol. The number of carbonyl (C=O) groups is 1. The van der Waals surface area contributed by atoms with E-state index in [1.807, 2.05) is 0 Å². The van der Waals surface area contributed by atoms with Crippen LogP contribution < -0.4 is 15.4 Å². The Balaban J connectivity index is 1.79. The molecule has 0 radical (unpaired) electrons. The minimum Gasteiger partial charge on any atom is -0.428 e. The Morgan fingerprint density at radius 3 is 2.12 bits per heavy atom. The Bertz CT molecular complexity index is 1340. The number of ether oxygens (including phenoxy) is 1. The van der Waals surface area contributed by atoms with Gasteiger partial charge in [0.05, 0.1) is 5.54 Å². The molecule has 1 saturated carbocycles. The summed E-state index contributed by atoms with van der Waals surface area (Å²) in [6, 6.07) is 13.9. The quantitative estimate of drug-likeness (QED) is 0.243. The maximum Gasteiger partial charge on any atom is 0.461 e. The van der Waals surface area contributed by atoms with Crippen molar-refractivity contribution in [1.82, 2.24) is 10.6 Å². The Labute approximate surface area is 230 Å². The van der Waals surface area contributed by atoms with Gasteiger partial charge in [0.1, 0.15) is 17.4 Å². The largest absolute Gasteiger partial charge is 0.461 e. The van der Waals surface area contributed by atoms with Crippen LogP contribution in [0.4, 0.5) is 39.9 Å². The Morgan fingerprint density at radius 1 is 0.902 bits per heavy atom. The van der Waals surface area contributed by atoms with Crippen molar-refractivity contribution in [1.29, 1.82) is 0 Å². The van der Waals surface area contributed by atoms with E-state index in [0.29, 0.717) is 11.6 Å². The van der Waals surface area contributed by atoms with E-state index in [2.05, 4.69) is 15.4 Å². The van der Waals surface area contributed by atoms with Crippen molar-refractivity contribution in [2.24, 2.45) is 5.92 Å². The summed E-state index contributed by atoms with van der Waals surface area (Å²) in [5.41, 5.74) is -1.23. The molecule has 1 fully saturated rings. The van der Waals surface area contributed by atoms with Gasteiger partial charge in [-0.2, -0.15) is 17.6 Å². The molecule has 1 atom stereocenters. The highest BCUT2D eigenvalue weighted by Crippen LogP contribution is 2.41. The molecule has 0 saturated heterocycles. The third-order valence-electron chi connectivity index (χ3n) is 7.04. The molecule has 3 aromatic carbocycles. The van der Waals surface area contributed by atoms with Crippen molar-refractivity contribution in [3.63, 3.8) is 0 Å². The van der Waals surface area contributed by atoms with Gasteiger partial charge in [0.15, 0.2) is 0 Å². The fraction of sp³-hybridized carbons (Fsp3) is 0.345. The molecular weight excluding hydrogens is 560 g/mol. The van der Waals surface area contributed by atoms with Gasteiger partial charge in [-0.1, -0.05) is 42.5 Å². The molecular formula is C29H26F8N2O2. The summed E-state index contributed by atoms with van der Waals surface area (Å²) in [5.74, 6) is -6.60. The molecule has 41 heavy (non-hydrogen) atoms. The average Bonchev–Trinajstić information content (AvgIpc) is 2.85. The van der Waals surface area contributed by atoms with Crippen LogP contribution in [0.5, 0.6) is 5.75 Å². The molecule has 1 unspecified atom stereocenters. The highest BCUT2D eigenvalue weighted by atomic mass is 19.3. The zero-order valence-corrected chi connectivity index (χ0v) is 21.6. The van der Waals surface area contributed by atoms with E-state index in [-0.39, 0.29) is 30.4 Å². The summed E-state index contributed by atoms with van der Waals surface area (Å²) in [5, 5.41) is 5.30. The predicted molar refractivity (Wildman–Crippen MR) is 134 cm³/mol. The lowest BCUT2D eigenvalue weighted by Gasteiger charge is -2.41. The maximum atomic E-state index is 14.8. The van der Waals surface area contributed by atoms with E-state index >= 15 is 0 Å². The van der Waals surface area contributed by atoms with Crippen LogP contribution >= 0.6 is 0 Å². The molecule has 0 spiro atoms. The van der Waals surface area contributed by atoms with Gasteiger partial charge < -0.3 is 15.4 Å². The van der Waals surface area contributed by atoms with Crippen molar-refractivity contribution in [2.45, 2.75) is 56.2 Å². The number of amides is 2. The highest BCUT2D eigenvalue weighted by molar-refractivity contribution is 5.76. The molecule has 0 aliphatic heterocycles. The van der Waals surface area contributed by atoms with Crippen molar-refractivity contribution in [2.75, 3.05) is 0 Å². The molecule has 0 heterocycles. The highest BCUT2D eigenvalue weighted by Gasteiger charge is 2.46. The number of benzene rings is 3. The van der Waals surface area contributed by atoms with Crippen LogP contribution in [0, 0.1) is 17.6 Å². The summed E-state index contributed by atoms with van der Waals surface area (Å²) in [7, 11) is 0. The smallest absolute Gasteiger partial charge is 0.428 e. The van der Waals surface area contributed by atoms with Crippen LogP contribution in [-0.4, -0.2) is 30.5 Å². The summed E-state index contributed by atoms with van der Waals surface area (Å²) >= 11 is 0. The van der Waals surface area contributed by atoms with Gasteiger partial charge in [-0.25, -0.2) is 22.4 Å². The second-order valence-electron chi connectivity index (χ2n) is 10.1. The van der Waals surface area contributed by atoms with E-state index in [9.17, 15) is 39.9 Å². The number of urea groups is 1. The molecule has 1 aliphatic carbocycles. The minimum absolute atomic E-state index is 0.000181. The van der Waals surface area contributed by atoms with Crippen LogP contribution in [0.25, 0.3) is 0 Å². The van der Waals surface area contributed by atoms with Crippen LogP contribution in [0.3, 0.4) is 0 Å². The van der Waals surface area contributed by atoms with Crippen molar-refractivity contribution >= 4 is 6.03 Å². The Hall–Kier alpha value is -3.83. The third-order valence-corrected chi connectivity index (χ3v) is 7.04. The number of alkyl halides is 6. The lowest BCUT2D eigenvalue weighted by atomic mass is 9.76. The second-order valence-corrected chi connectivity index (χ2v) is 10.1. The zero-order valence-electron chi connectivity index (χ0n) is 21.6. The first-order valence-electron chi connectivity index (χ1n) is 12.6. The molecule has 4 rings (SSSR count). The number of hydrogen-bond donors (Lipinski definition) is 2. The standard InChI is InChI=1S/C29H26F8N2O2/c1-27(34,35)19-12-23(13-19)38-26(40)39-28(16-17-5-3-2-4-6-17,18-7-9-21(30)10-8-18)20-11-22(31)15-24(14-20)41-29(36,37)25(32)33/h2-11,14-15,19,23,25H,12-13,16H2,1H3,(H2,38,39,40). The van der Waals surface area contributed by atoms with E-state index in [1.165, 1.54) is 12.1 Å². The van der Waals surface area contributed by atoms with E-state index in [1.54, 1.807) is 30.3 Å². The topological polar surface area (TPSA) is 50.4 Å². The van der Waals surface area contributed by atoms with Crippen LogP contribution in [-0.2, 0) is 12.0 Å². The Morgan fingerprint density at radius 2 is 1.54 bits per heavy atom. The van der Waals surface area contributed by atoms with Gasteiger partial charge >= 0.3 is 18.6 Å². The third kappa shape index (κ3) is 7.09. The van der Waals surface area contributed by atoms with E-state index in [4.69, 9.17) is 0 Å². The number of halogens is 8. The van der Waals surface area contributed by atoms with Gasteiger partial charge in [-0.15, -0.1) is 0 Å². The van der Waals surface area contributed by atoms with Gasteiger partial charge in [-0.3, -0.25) is 0 Å². The number of carbonyl (C=O) groups excluding carboxylic acids is 1. The summed E-state index contributed by atoms with van der Waals surface area (Å²) < 4.78 is 113. The normalized spacial score (nSPS) is 18.8. The number of rotatable bonds is 10. The molecule has 12 heteroatoms. The van der Waals surface area contributed by atoms with Gasteiger partial charge in [-0.05, 0) is 60.7 Å². The molecule has 3 aromatic rings. The number of hydrogen-bond acceptors (Lipinski definition) is 2. The lowest BCUT2D eigenvalue weighted by molar-refractivity contribution is -0.253. The molecule has 0 aromatic heterocycles. The van der Waals surface area contributed by atoms with Gasteiger partial charge in [0.2, 0.25) is 5.92 Å². The van der Waals surface area contributed by atoms with Gasteiger partial charge in [0.25, 0.3) is 0 Å². The SMILES string of the molecule is CC(F)(F)C1CC(NC(=O)NC(Cc2ccccc2)(c2ccc(F)cc2)c2cc(F)cc(OC(F)(F)C(F)F)c2)C1. The average molecular weight is 587 g/mol. The van der Waals surface area contributed by atoms with E-state index < -0.39 is 59.4 Å². The van der Waals surface area contributed by atoms with E-state index in [0.717, 1.165) is 31.2 Å². The second kappa shape index (κ2) is 11.6. The maximum absolute atomic E-state index is 14.8. The van der Waals surface area contributed by atoms with Crippen LogP contribution in [0.1, 0.15) is 36.5 Å². The Kier molecular flexibility index (Phi) is 8.51. The fourth-order valence-electron chi connectivity index (χ4n) is 4.83. The molecule has 2 N–H and O–H groups in total. The molecule has 2 amide bonds. The van der Waals surface area contributed by atoms with Crippen molar-refractivity contribution < 1.29 is 44.7 Å². The lowest BCUT2D eigenvalue weighted by Crippen LogP contribution is -2.57. The molecule has 1 aliphatic rings. The molecule has 0 bridgehead atoms. The zero-order chi connectivity index (χ0) is 30.0. The molecule has 220 valence electrons. The van der Waals surface area contributed by atoms with Gasteiger partial charge in [0, 0.05) is 24.4 Å². The summed E-state index contributed by atoms with van der Waals surface area (Å²) in [4.78, 5) is 13.3. The minimum atomic E-state index is -4.95. The predicted octanol–water partition coefficient (Wildman–Crippen LogP) is 7.42. The van der Waals surface area contributed by atoms with Crippen molar-refractivity contribution in [3.8, 4) is 5.75 Å². The fourth-order valence-corrected chi connectivity index (χ4v) is 4.83. The number of nitrogens with one attached hydrogen (secondary N) is 2.